The van der Waals surface area contributed by atoms with Crippen molar-refractivity contribution in [3.8, 4) is 5.75 Å². The molecule has 1 unspecified atom stereocenters. The zero-order valence-electron chi connectivity index (χ0n) is 13.3. The number of carbonyl (C=O) groups excluding carboxylic acids is 1. The largest absolute Gasteiger partial charge is 0.481 e. The van der Waals surface area contributed by atoms with Crippen molar-refractivity contribution in [3.63, 3.8) is 0 Å². The molecule has 7 nitrogen and oxygen atoms in total. The summed E-state index contributed by atoms with van der Waals surface area (Å²) in [5.41, 5.74) is 4.04. The second kappa shape index (κ2) is 7.87. The summed E-state index contributed by atoms with van der Waals surface area (Å²) in [6.45, 7) is 3.56. The van der Waals surface area contributed by atoms with Gasteiger partial charge in [0.15, 0.2) is 6.10 Å². The van der Waals surface area contributed by atoms with Gasteiger partial charge in [-0.2, -0.15) is 5.10 Å². The van der Waals surface area contributed by atoms with Crippen LogP contribution in [-0.2, 0) is 4.79 Å². The van der Waals surface area contributed by atoms with Crippen molar-refractivity contribution in [2.45, 2.75) is 20.0 Å². The summed E-state index contributed by atoms with van der Waals surface area (Å²) >= 11 is 0. The summed E-state index contributed by atoms with van der Waals surface area (Å²) in [6.07, 6.45) is 0.696. The maximum absolute atomic E-state index is 11.9. The van der Waals surface area contributed by atoms with E-state index in [1.807, 2.05) is 25.1 Å². The van der Waals surface area contributed by atoms with Gasteiger partial charge < -0.3 is 4.74 Å². The number of hydrogen-bond acceptors (Lipinski definition) is 5. The molecule has 0 aliphatic heterocycles. The lowest BCUT2D eigenvalue weighted by Crippen LogP contribution is -2.33. The van der Waals surface area contributed by atoms with Crippen molar-refractivity contribution in [1.29, 1.82) is 0 Å². The van der Waals surface area contributed by atoms with Gasteiger partial charge in [0.05, 0.1) is 11.1 Å². The molecule has 1 N–H and O–H groups in total. The topological polar surface area (TPSA) is 93.8 Å². The van der Waals surface area contributed by atoms with Gasteiger partial charge in [-0.15, -0.1) is 0 Å². The first-order valence-electron chi connectivity index (χ1n) is 7.26. The Kier molecular flexibility index (Phi) is 5.62. The highest BCUT2D eigenvalue weighted by atomic mass is 16.6. The summed E-state index contributed by atoms with van der Waals surface area (Å²) in [7, 11) is 0. The van der Waals surface area contributed by atoms with Crippen LogP contribution in [0, 0.1) is 17.0 Å². The van der Waals surface area contributed by atoms with Crippen LogP contribution in [0.1, 0.15) is 18.1 Å². The van der Waals surface area contributed by atoms with Crippen LogP contribution < -0.4 is 10.2 Å². The van der Waals surface area contributed by atoms with Crippen molar-refractivity contribution < 1.29 is 14.5 Å². The first-order valence-corrected chi connectivity index (χ1v) is 7.26. The number of nitrogens with one attached hydrogen (secondary N) is 1. The third-order valence-corrected chi connectivity index (χ3v) is 3.16. The standard InChI is InChI=1S/C17H17N3O4/c1-12-4-3-5-16(10-12)24-13(2)17(21)19-18-11-14-6-8-15(9-7-14)20(22)23/h3-11,13H,1-2H3,(H,19,21). The molecule has 0 heterocycles. The molecule has 1 amide bonds. The van der Waals surface area contributed by atoms with E-state index < -0.39 is 16.9 Å². The van der Waals surface area contributed by atoms with Crippen LogP contribution >= 0.6 is 0 Å². The number of ether oxygens (including phenoxy) is 1. The van der Waals surface area contributed by atoms with Crippen LogP contribution in [0.15, 0.2) is 53.6 Å². The minimum absolute atomic E-state index is 0.00337. The van der Waals surface area contributed by atoms with Crippen LogP contribution in [0.25, 0.3) is 0 Å². The van der Waals surface area contributed by atoms with E-state index in [2.05, 4.69) is 10.5 Å². The molecule has 0 fully saturated rings. The van der Waals surface area contributed by atoms with Gasteiger partial charge in [0, 0.05) is 12.1 Å². The van der Waals surface area contributed by atoms with Gasteiger partial charge in [-0.25, -0.2) is 5.43 Å². The number of nitro benzene ring substituents is 1. The first-order chi connectivity index (χ1) is 11.5. The first kappa shape index (κ1) is 17.1. The van der Waals surface area contributed by atoms with Crippen molar-refractivity contribution in [2.24, 2.45) is 5.10 Å². The van der Waals surface area contributed by atoms with Crippen molar-refractivity contribution in [1.82, 2.24) is 5.43 Å². The summed E-state index contributed by atoms with van der Waals surface area (Å²) in [6, 6.07) is 13.2. The Morgan fingerprint density at radius 1 is 1.29 bits per heavy atom. The molecule has 1 atom stereocenters. The third kappa shape index (κ3) is 4.91. The highest BCUT2D eigenvalue weighted by molar-refractivity contribution is 5.84. The predicted octanol–water partition coefficient (Wildman–Crippen LogP) is 2.82. The van der Waals surface area contributed by atoms with E-state index in [4.69, 9.17) is 4.74 Å². The molecule has 0 bridgehead atoms. The van der Waals surface area contributed by atoms with E-state index in [1.54, 1.807) is 25.1 Å². The van der Waals surface area contributed by atoms with E-state index in [0.29, 0.717) is 11.3 Å². The summed E-state index contributed by atoms with van der Waals surface area (Å²) < 4.78 is 5.54. The Morgan fingerprint density at radius 3 is 2.62 bits per heavy atom. The maximum Gasteiger partial charge on any atom is 0.280 e. The summed E-state index contributed by atoms with van der Waals surface area (Å²) in [4.78, 5) is 22.0. The molecule has 24 heavy (non-hydrogen) atoms. The van der Waals surface area contributed by atoms with Crippen LogP contribution in [0.2, 0.25) is 0 Å². The Morgan fingerprint density at radius 2 is 2.00 bits per heavy atom. The number of carbonyl (C=O) groups is 1. The number of amides is 1. The number of rotatable bonds is 6. The molecule has 0 radical (unpaired) electrons. The van der Waals surface area contributed by atoms with Gasteiger partial charge in [0.1, 0.15) is 5.75 Å². The van der Waals surface area contributed by atoms with E-state index >= 15 is 0 Å². The molecular weight excluding hydrogens is 310 g/mol. The van der Waals surface area contributed by atoms with Crippen molar-refractivity contribution in [3.05, 3.63) is 69.8 Å². The second-order valence-corrected chi connectivity index (χ2v) is 5.16. The van der Waals surface area contributed by atoms with Gasteiger partial charge in [-0.1, -0.05) is 12.1 Å². The molecule has 124 valence electrons. The summed E-state index contributed by atoms with van der Waals surface area (Å²) in [5.74, 6) is 0.215. The predicted molar refractivity (Wildman–Crippen MR) is 90.1 cm³/mol. The van der Waals surface area contributed by atoms with Crippen molar-refractivity contribution in [2.75, 3.05) is 0 Å². The van der Waals surface area contributed by atoms with E-state index in [9.17, 15) is 14.9 Å². The number of aryl methyl sites for hydroxylation is 1. The van der Waals surface area contributed by atoms with Gasteiger partial charge >= 0.3 is 0 Å². The Bertz CT molecular complexity index is 757. The number of hydrogen-bond donors (Lipinski definition) is 1. The quantitative estimate of drug-likeness (QED) is 0.501. The molecule has 2 rings (SSSR count). The third-order valence-electron chi connectivity index (χ3n) is 3.16. The zero-order valence-corrected chi connectivity index (χ0v) is 13.3. The van der Waals surface area contributed by atoms with Gasteiger partial charge in [-0.3, -0.25) is 14.9 Å². The Balaban J connectivity index is 1.88. The second-order valence-electron chi connectivity index (χ2n) is 5.16. The van der Waals surface area contributed by atoms with E-state index in [1.165, 1.54) is 18.3 Å². The highest BCUT2D eigenvalue weighted by Gasteiger charge is 2.13. The number of benzene rings is 2. The van der Waals surface area contributed by atoms with Crippen LogP contribution in [0.5, 0.6) is 5.75 Å². The summed E-state index contributed by atoms with van der Waals surface area (Å²) in [5, 5.41) is 14.4. The molecule has 0 aromatic heterocycles. The monoisotopic (exact) mass is 327 g/mol. The SMILES string of the molecule is Cc1cccc(OC(C)C(=O)NN=Cc2ccc([N+](=O)[O-])cc2)c1. The molecule has 0 saturated heterocycles. The lowest BCUT2D eigenvalue weighted by molar-refractivity contribution is -0.384. The van der Waals surface area contributed by atoms with E-state index in [-0.39, 0.29) is 5.69 Å². The molecule has 7 heteroatoms. The molecular formula is C17H17N3O4. The van der Waals surface area contributed by atoms with Crippen LogP contribution in [0.3, 0.4) is 0 Å². The van der Waals surface area contributed by atoms with Crippen molar-refractivity contribution >= 4 is 17.8 Å². The lowest BCUT2D eigenvalue weighted by atomic mass is 10.2. The fourth-order valence-electron chi connectivity index (χ4n) is 1.89. The highest BCUT2D eigenvalue weighted by Crippen LogP contribution is 2.14. The van der Waals surface area contributed by atoms with E-state index in [0.717, 1.165) is 5.56 Å². The average Bonchev–Trinajstić information content (AvgIpc) is 2.55. The number of hydrazone groups is 1. The number of nitro groups is 1. The molecule has 0 spiro atoms. The fraction of sp³-hybridized carbons (Fsp3) is 0.176. The molecule has 0 aliphatic carbocycles. The fourth-order valence-corrected chi connectivity index (χ4v) is 1.89. The average molecular weight is 327 g/mol. The zero-order chi connectivity index (χ0) is 17.5. The Hall–Kier alpha value is -3.22. The van der Waals surface area contributed by atoms with Gasteiger partial charge in [-0.05, 0) is 49.2 Å². The maximum atomic E-state index is 11.9. The smallest absolute Gasteiger partial charge is 0.280 e. The molecule has 2 aromatic rings. The van der Waals surface area contributed by atoms with Gasteiger partial charge in [0.2, 0.25) is 0 Å². The van der Waals surface area contributed by atoms with Gasteiger partial charge in [0.25, 0.3) is 11.6 Å². The molecule has 0 aliphatic rings. The number of nitrogens with zero attached hydrogens (tertiary/aromatic N) is 2. The molecule has 2 aromatic carbocycles. The minimum Gasteiger partial charge on any atom is -0.481 e. The Labute approximate surface area is 139 Å². The van der Waals surface area contributed by atoms with Crippen LogP contribution in [0.4, 0.5) is 5.69 Å². The number of non-ortho nitro benzene ring substituents is 1. The normalized spacial score (nSPS) is 11.9. The minimum atomic E-state index is -0.708. The lowest BCUT2D eigenvalue weighted by Gasteiger charge is -2.13. The molecule has 0 saturated carbocycles. The van der Waals surface area contributed by atoms with Crippen LogP contribution in [-0.4, -0.2) is 23.1 Å².